The normalized spacial score (nSPS) is 19.9. The van der Waals surface area contributed by atoms with Crippen molar-refractivity contribution < 1.29 is 19.1 Å². The van der Waals surface area contributed by atoms with Gasteiger partial charge in [-0.3, -0.25) is 24.6 Å². The fourth-order valence-electron chi connectivity index (χ4n) is 8.25. The quantitative estimate of drug-likeness (QED) is 0.185. The summed E-state index contributed by atoms with van der Waals surface area (Å²) >= 11 is 0. The summed E-state index contributed by atoms with van der Waals surface area (Å²) < 4.78 is 5.72. The van der Waals surface area contributed by atoms with Crippen LogP contribution in [0.4, 0.5) is 34.4 Å². The number of nitrogens with one attached hydrogen (secondary N) is 4. The highest BCUT2D eigenvalue weighted by Crippen LogP contribution is 2.36. The minimum Gasteiger partial charge on any atom is -0.474 e. The molecule has 0 radical (unpaired) electrons. The Kier molecular flexibility index (Phi) is 9.75. The van der Waals surface area contributed by atoms with Crippen molar-refractivity contribution in [2.75, 3.05) is 84.7 Å². The van der Waals surface area contributed by atoms with Crippen LogP contribution in [0.1, 0.15) is 35.2 Å². The zero-order valence-electron chi connectivity index (χ0n) is 31.6. The molecule has 0 aliphatic carbocycles. The van der Waals surface area contributed by atoms with E-state index < -0.39 is 0 Å². The number of hydrogen-bond acceptors (Lipinski definition) is 13. The number of piperidine rings is 1. The number of pyridine rings is 1. The maximum Gasteiger partial charge on any atom is 0.249 e. The molecule has 3 fully saturated rings. The number of amides is 3. The number of carbonyl (C=O) groups excluding carboxylic acids is 3. The molecule has 3 amide bonds. The third-order valence-corrected chi connectivity index (χ3v) is 11.6. The average Bonchev–Trinajstić information content (AvgIpc) is 3.20. The summed E-state index contributed by atoms with van der Waals surface area (Å²) in [5, 5.41) is 12.4. The molecule has 0 saturated carbocycles. The summed E-state index contributed by atoms with van der Waals surface area (Å²) in [6.45, 7) is 10.2. The highest BCUT2D eigenvalue weighted by Gasteiger charge is 2.35. The van der Waals surface area contributed by atoms with E-state index >= 15 is 0 Å². The van der Waals surface area contributed by atoms with Gasteiger partial charge in [0.25, 0.3) is 0 Å². The number of carbonyl (C=O) groups is 3. The van der Waals surface area contributed by atoms with Crippen molar-refractivity contribution in [1.29, 1.82) is 0 Å². The summed E-state index contributed by atoms with van der Waals surface area (Å²) in [6.07, 6.45) is 5.91. The van der Waals surface area contributed by atoms with Gasteiger partial charge in [-0.25, -0.2) is 15.0 Å². The van der Waals surface area contributed by atoms with Crippen LogP contribution in [0.15, 0.2) is 60.9 Å². The van der Waals surface area contributed by atoms with Gasteiger partial charge in [-0.2, -0.15) is 0 Å². The van der Waals surface area contributed by atoms with Crippen molar-refractivity contribution in [2.24, 2.45) is 0 Å². The van der Waals surface area contributed by atoms with Gasteiger partial charge in [0.1, 0.15) is 18.3 Å². The lowest BCUT2D eigenvalue weighted by molar-refractivity contribution is -0.134. The maximum atomic E-state index is 13.3. The van der Waals surface area contributed by atoms with Crippen molar-refractivity contribution >= 4 is 52.1 Å². The Morgan fingerprint density at radius 2 is 1.70 bits per heavy atom. The van der Waals surface area contributed by atoms with E-state index in [-0.39, 0.29) is 23.8 Å². The molecule has 7 heterocycles. The molecule has 290 valence electrons. The molecule has 5 aliphatic rings. The molecule has 4 N–H and O–H groups in total. The Morgan fingerprint density at radius 3 is 2.48 bits per heavy atom. The van der Waals surface area contributed by atoms with E-state index in [2.05, 4.69) is 65.0 Å². The third-order valence-electron chi connectivity index (χ3n) is 11.6. The summed E-state index contributed by atoms with van der Waals surface area (Å²) in [7, 11) is 0. The predicted octanol–water partition coefficient (Wildman–Crippen LogP) is 3.08. The summed E-state index contributed by atoms with van der Waals surface area (Å²) in [6, 6.07) is 16.2. The zero-order chi connectivity index (χ0) is 38.2. The Morgan fingerprint density at radius 1 is 0.911 bits per heavy atom. The minimum atomic E-state index is -0.389. The minimum absolute atomic E-state index is 0.154. The molecule has 2 aromatic heterocycles. The van der Waals surface area contributed by atoms with Crippen molar-refractivity contribution in [3.05, 3.63) is 83.3 Å². The van der Waals surface area contributed by atoms with Crippen LogP contribution in [0.2, 0.25) is 0 Å². The lowest BCUT2D eigenvalue weighted by atomic mass is 10.0. The maximum absolute atomic E-state index is 13.3. The van der Waals surface area contributed by atoms with Crippen LogP contribution in [0.5, 0.6) is 5.88 Å². The molecule has 4 aromatic rings. The third kappa shape index (κ3) is 7.50. The van der Waals surface area contributed by atoms with E-state index in [1.165, 1.54) is 0 Å². The van der Waals surface area contributed by atoms with Gasteiger partial charge in [0.2, 0.25) is 29.5 Å². The van der Waals surface area contributed by atoms with Crippen LogP contribution in [0.25, 0.3) is 0 Å². The van der Waals surface area contributed by atoms with Gasteiger partial charge in [0.15, 0.2) is 0 Å². The van der Waals surface area contributed by atoms with Gasteiger partial charge in [-0.15, -0.1) is 0 Å². The number of fused-ring (bicyclic) bond motifs is 2. The average molecular weight is 758 g/mol. The Hall–Kier alpha value is -5.96. The number of ether oxygens (including phenoxy) is 1. The van der Waals surface area contributed by atoms with E-state index in [9.17, 15) is 14.4 Å². The van der Waals surface area contributed by atoms with Crippen molar-refractivity contribution in [2.45, 2.75) is 51.2 Å². The molecule has 3 saturated heterocycles. The number of hydrogen-bond donors (Lipinski definition) is 4. The first-order valence-electron chi connectivity index (χ1n) is 19.6. The van der Waals surface area contributed by atoms with Crippen LogP contribution in [-0.4, -0.2) is 114 Å². The first kappa shape index (κ1) is 35.7. The molecule has 15 heteroatoms. The van der Waals surface area contributed by atoms with Gasteiger partial charge < -0.3 is 35.4 Å². The second-order valence-electron chi connectivity index (χ2n) is 15.2. The zero-order valence-corrected chi connectivity index (χ0v) is 31.6. The predicted molar refractivity (Wildman–Crippen MR) is 214 cm³/mol. The number of aromatic nitrogens is 3. The first-order chi connectivity index (χ1) is 27.3. The molecule has 2 aromatic carbocycles. The molecule has 1 atom stereocenters. The van der Waals surface area contributed by atoms with Crippen LogP contribution < -0.4 is 35.8 Å². The van der Waals surface area contributed by atoms with Gasteiger partial charge in [-0.05, 0) is 67.3 Å². The second-order valence-corrected chi connectivity index (χ2v) is 15.2. The van der Waals surface area contributed by atoms with Gasteiger partial charge in [0, 0.05) is 93.6 Å². The standard InChI is InChI=1S/C41H47N11O4/c1-26-35(22-43-40-38(26)42-13-19-56-40)51-14-12-28-21-44-41(47-34(28)25-51)46-30-4-2-27(3-5-30)20-37(54)50-17-15-49(16-18-50)32-23-52(24-32)31-8-6-29(7-9-31)45-33-10-11-36(53)48-39(33)55/h2-9,21-22,32-33,42,45H,10-20,23-25H2,1H3,(H,44,46,47)(H,48,53,55). The molecule has 15 nitrogen and oxygen atoms in total. The molecule has 5 aliphatic heterocycles. The second kappa shape index (κ2) is 15.3. The van der Waals surface area contributed by atoms with Gasteiger partial charge in [-0.1, -0.05) is 12.1 Å². The highest BCUT2D eigenvalue weighted by atomic mass is 16.5. The number of anilines is 6. The topological polar surface area (TPSA) is 160 Å². The molecule has 0 spiro atoms. The lowest BCUT2D eigenvalue weighted by Crippen LogP contribution is -2.63. The molecule has 0 bridgehead atoms. The monoisotopic (exact) mass is 757 g/mol. The Labute approximate surface area is 325 Å². The first-order valence-corrected chi connectivity index (χ1v) is 19.6. The lowest BCUT2D eigenvalue weighted by Gasteiger charge is -2.49. The smallest absolute Gasteiger partial charge is 0.249 e. The Bertz CT molecular complexity index is 2120. The molecule has 56 heavy (non-hydrogen) atoms. The van der Waals surface area contributed by atoms with Crippen LogP contribution in [0, 0.1) is 6.92 Å². The number of piperazine rings is 1. The number of rotatable bonds is 9. The fourth-order valence-corrected chi connectivity index (χ4v) is 8.25. The van der Waals surface area contributed by atoms with E-state index in [0.29, 0.717) is 50.3 Å². The summed E-state index contributed by atoms with van der Waals surface area (Å²) in [5.74, 6) is 0.891. The van der Waals surface area contributed by atoms with Gasteiger partial charge in [0.05, 0.1) is 30.5 Å². The van der Waals surface area contributed by atoms with E-state index in [1.807, 2.05) is 53.7 Å². The Balaban J connectivity index is 0.721. The van der Waals surface area contributed by atoms with Crippen LogP contribution in [-0.2, 0) is 33.8 Å². The largest absolute Gasteiger partial charge is 0.474 e. The number of benzene rings is 2. The molecular weight excluding hydrogens is 711 g/mol. The molecular formula is C41H47N11O4. The van der Waals surface area contributed by atoms with Crippen molar-refractivity contribution in [1.82, 2.24) is 30.1 Å². The van der Waals surface area contributed by atoms with Crippen LogP contribution in [0.3, 0.4) is 0 Å². The number of imide groups is 1. The summed E-state index contributed by atoms with van der Waals surface area (Å²) in [5.41, 5.74) is 9.22. The molecule has 1 unspecified atom stereocenters. The van der Waals surface area contributed by atoms with Crippen molar-refractivity contribution in [3.8, 4) is 5.88 Å². The van der Waals surface area contributed by atoms with E-state index in [1.54, 1.807) is 0 Å². The van der Waals surface area contributed by atoms with Crippen LogP contribution >= 0.6 is 0 Å². The molecule has 9 rings (SSSR count). The van der Waals surface area contributed by atoms with Crippen molar-refractivity contribution in [3.63, 3.8) is 0 Å². The number of nitrogens with zero attached hydrogens (tertiary/aromatic N) is 7. The van der Waals surface area contributed by atoms with E-state index in [4.69, 9.17) is 9.72 Å². The fraction of sp³-hybridized carbons (Fsp3) is 0.415. The van der Waals surface area contributed by atoms with Gasteiger partial charge >= 0.3 is 0 Å². The van der Waals surface area contributed by atoms with E-state index in [0.717, 1.165) is 110 Å². The highest BCUT2D eigenvalue weighted by molar-refractivity contribution is 6.01. The summed E-state index contributed by atoms with van der Waals surface area (Å²) in [4.78, 5) is 60.0. The SMILES string of the molecule is Cc1c(N2CCc3cnc(Nc4ccc(CC(=O)N5CCN(C6CN(c7ccc(NC8CCC(=O)NC8=O)cc7)C6)CC5)cc4)nc3C2)cnc2c1NCCO2.